The van der Waals surface area contributed by atoms with E-state index in [2.05, 4.69) is 14.7 Å². The van der Waals surface area contributed by atoms with E-state index in [1.807, 2.05) is 24.4 Å². The van der Waals surface area contributed by atoms with Gasteiger partial charge in [0.05, 0.1) is 12.3 Å². The average molecular weight is 295 g/mol. The Balaban J connectivity index is 2.11. The molecule has 0 atom stereocenters. The molecular formula is C14H21N3O2S. The molecule has 2 heterocycles. The van der Waals surface area contributed by atoms with Crippen molar-refractivity contribution in [1.29, 1.82) is 0 Å². The summed E-state index contributed by atoms with van der Waals surface area (Å²) >= 11 is 1.70. The van der Waals surface area contributed by atoms with Crippen LogP contribution in [0.5, 0.6) is 0 Å². The summed E-state index contributed by atoms with van der Waals surface area (Å²) in [5.74, 6) is 0.880. The van der Waals surface area contributed by atoms with Gasteiger partial charge in [0, 0.05) is 38.8 Å². The number of aromatic nitrogens is 2. The van der Waals surface area contributed by atoms with Crippen LogP contribution >= 0.6 is 11.8 Å². The number of aliphatic hydroxyl groups excluding tert-OH is 1. The first-order valence-electron chi connectivity index (χ1n) is 6.76. The molecule has 2 rings (SSSR count). The number of fused-ring (bicyclic) bond motifs is 1. The third kappa shape index (κ3) is 3.96. The van der Waals surface area contributed by atoms with Crippen LogP contribution in [0, 0.1) is 0 Å². The molecule has 0 bridgehead atoms. The highest BCUT2D eigenvalue weighted by atomic mass is 32.2. The van der Waals surface area contributed by atoms with Gasteiger partial charge in [-0.3, -0.25) is 0 Å². The van der Waals surface area contributed by atoms with Crippen molar-refractivity contribution in [3.05, 3.63) is 30.1 Å². The smallest absolute Gasteiger partial charge is 0.138 e. The molecule has 110 valence electrons. The lowest BCUT2D eigenvalue weighted by Gasteiger charge is -2.06. The molecule has 0 aliphatic heterocycles. The Bertz CT molecular complexity index is 530. The molecule has 0 fully saturated rings. The van der Waals surface area contributed by atoms with Crippen LogP contribution in [0.3, 0.4) is 0 Å². The van der Waals surface area contributed by atoms with Crippen LogP contribution in [0.2, 0.25) is 0 Å². The number of aliphatic hydroxyl groups is 1. The predicted octanol–water partition coefficient (Wildman–Crippen LogP) is 1.54. The van der Waals surface area contributed by atoms with Gasteiger partial charge in [0.1, 0.15) is 10.7 Å². The SMILES string of the molecule is COCCNCc1c(SCCCO)nc2ccccn12. The summed E-state index contributed by atoms with van der Waals surface area (Å²) in [7, 11) is 1.70. The summed E-state index contributed by atoms with van der Waals surface area (Å²) < 4.78 is 7.15. The minimum Gasteiger partial charge on any atom is -0.396 e. The number of rotatable bonds is 9. The standard InChI is InChI=1S/C14H21N3O2S/c1-19-9-6-15-11-12-14(20-10-4-8-18)16-13-5-2-3-7-17(12)13/h2-3,5,7,15,18H,4,6,8-11H2,1H3. The van der Waals surface area contributed by atoms with E-state index in [-0.39, 0.29) is 6.61 Å². The van der Waals surface area contributed by atoms with Crippen molar-refractivity contribution < 1.29 is 9.84 Å². The van der Waals surface area contributed by atoms with Crippen molar-refractivity contribution in [1.82, 2.24) is 14.7 Å². The summed E-state index contributed by atoms with van der Waals surface area (Å²) in [5.41, 5.74) is 2.13. The minimum atomic E-state index is 0.224. The number of ether oxygens (including phenoxy) is 1. The Morgan fingerprint density at radius 1 is 1.45 bits per heavy atom. The lowest BCUT2D eigenvalue weighted by molar-refractivity contribution is 0.199. The van der Waals surface area contributed by atoms with Crippen molar-refractivity contribution in [3.63, 3.8) is 0 Å². The Hall–Kier alpha value is -1.08. The second-order valence-corrected chi connectivity index (χ2v) is 5.47. The van der Waals surface area contributed by atoms with Gasteiger partial charge in [-0.05, 0) is 18.6 Å². The monoisotopic (exact) mass is 295 g/mol. The van der Waals surface area contributed by atoms with Gasteiger partial charge in [0.25, 0.3) is 0 Å². The van der Waals surface area contributed by atoms with Crippen LogP contribution in [0.25, 0.3) is 5.65 Å². The number of thioether (sulfide) groups is 1. The highest BCUT2D eigenvalue weighted by molar-refractivity contribution is 7.99. The van der Waals surface area contributed by atoms with E-state index >= 15 is 0 Å². The molecule has 0 saturated heterocycles. The average Bonchev–Trinajstić information content (AvgIpc) is 2.82. The first kappa shape index (κ1) is 15.3. The van der Waals surface area contributed by atoms with Crippen molar-refractivity contribution >= 4 is 17.4 Å². The molecule has 0 amide bonds. The summed E-state index contributed by atoms with van der Waals surface area (Å²) in [5, 5.41) is 13.3. The number of methoxy groups -OCH3 is 1. The van der Waals surface area contributed by atoms with Crippen LogP contribution < -0.4 is 5.32 Å². The molecular weight excluding hydrogens is 274 g/mol. The molecule has 0 radical (unpaired) electrons. The quantitative estimate of drug-likeness (QED) is 0.543. The van der Waals surface area contributed by atoms with E-state index < -0.39 is 0 Å². The second-order valence-electron chi connectivity index (χ2n) is 4.39. The van der Waals surface area contributed by atoms with Gasteiger partial charge in [-0.1, -0.05) is 6.07 Å². The van der Waals surface area contributed by atoms with E-state index in [4.69, 9.17) is 9.84 Å². The van der Waals surface area contributed by atoms with E-state index in [1.54, 1.807) is 18.9 Å². The third-order valence-corrected chi connectivity index (χ3v) is 4.00. The van der Waals surface area contributed by atoms with Crippen molar-refractivity contribution in [3.8, 4) is 0 Å². The van der Waals surface area contributed by atoms with E-state index in [0.29, 0.717) is 6.61 Å². The Labute approximate surface area is 123 Å². The minimum absolute atomic E-state index is 0.224. The molecule has 6 heteroatoms. The maximum Gasteiger partial charge on any atom is 0.138 e. The molecule has 20 heavy (non-hydrogen) atoms. The van der Waals surface area contributed by atoms with Crippen molar-refractivity contribution in [2.45, 2.75) is 18.0 Å². The molecule has 0 unspecified atom stereocenters. The van der Waals surface area contributed by atoms with Gasteiger partial charge in [0.2, 0.25) is 0 Å². The maximum absolute atomic E-state index is 8.89. The first-order valence-corrected chi connectivity index (χ1v) is 7.74. The van der Waals surface area contributed by atoms with Gasteiger partial charge in [-0.15, -0.1) is 11.8 Å². The topological polar surface area (TPSA) is 58.8 Å². The van der Waals surface area contributed by atoms with Gasteiger partial charge in [-0.25, -0.2) is 4.98 Å². The summed E-state index contributed by atoms with van der Waals surface area (Å²) in [4.78, 5) is 4.66. The van der Waals surface area contributed by atoms with E-state index in [9.17, 15) is 0 Å². The maximum atomic E-state index is 8.89. The van der Waals surface area contributed by atoms with Crippen LogP contribution in [0.4, 0.5) is 0 Å². The normalized spacial score (nSPS) is 11.3. The summed E-state index contributed by atoms with van der Waals surface area (Å²) in [6.45, 7) is 2.50. The van der Waals surface area contributed by atoms with Gasteiger partial charge < -0.3 is 19.6 Å². The summed E-state index contributed by atoms with van der Waals surface area (Å²) in [6, 6.07) is 6.01. The largest absolute Gasteiger partial charge is 0.396 e. The first-order chi connectivity index (χ1) is 9.86. The number of hydrogen-bond donors (Lipinski definition) is 2. The molecule has 2 aromatic rings. The molecule has 2 aromatic heterocycles. The van der Waals surface area contributed by atoms with E-state index in [0.717, 1.165) is 35.9 Å². The number of imidazole rings is 1. The molecule has 0 aliphatic rings. The van der Waals surface area contributed by atoms with Gasteiger partial charge >= 0.3 is 0 Å². The second kappa shape index (κ2) is 8.26. The number of nitrogens with one attached hydrogen (secondary N) is 1. The predicted molar refractivity (Wildman–Crippen MR) is 81.2 cm³/mol. The number of pyridine rings is 1. The lowest BCUT2D eigenvalue weighted by Crippen LogP contribution is -2.19. The fourth-order valence-corrected chi connectivity index (χ4v) is 2.88. The number of hydrogen-bond acceptors (Lipinski definition) is 5. The molecule has 0 saturated carbocycles. The fourth-order valence-electron chi connectivity index (χ4n) is 1.92. The van der Waals surface area contributed by atoms with Crippen LogP contribution in [0.15, 0.2) is 29.4 Å². The molecule has 0 aliphatic carbocycles. The van der Waals surface area contributed by atoms with Crippen LogP contribution in [-0.4, -0.2) is 47.1 Å². The van der Waals surface area contributed by atoms with Gasteiger partial charge in [0.15, 0.2) is 0 Å². The molecule has 2 N–H and O–H groups in total. The highest BCUT2D eigenvalue weighted by Crippen LogP contribution is 2.24. The van der Waals surface area contributed by atoms with Crippen molar-refractivity contribution in [2.24, 2.45) is 0 Å². The lowest BCUT2D eigenvalue weighted by atomic mass is 10.4. The zero-order chi connectivity index (χ0) is 14.2. The fraction of sp³-hybridized carbons (Fsp3) is 0.500. The zero-order valence-electron chi connectivity index (χ0n) is 11.7. The van der Waals surface area contributed by atoms with Crippen molar-refractivity contribution in [2.75, 3.05) is 32.6 Å². The molecule has 0 aromatic carbocycles. The van der Waals surface area contributed by atoms with Crippen LogP contribution in [0.1, 0.15) is 12.1 Å². The Kier molecular flexibility index (Phi) is 6.32. The molecule has 0 spiro atoms. The highest BCUT2D eigenvalue weighted by Gasteiger charge is 2.11. The number of nitrogens with zero attached hydrogens (tertiary/aromatic N) is 2. The van der Waals surface area contributed by atoms with Gasteiger partial charge in [-0.2, -0.15) is 0 Å². The zero-order valence-corrected chi connectivity index (χ0v) is 12.5. The third-order valence-electron chi connectivity index (χ3n) is 2.91. The van der Waals surface area contributed by atoms with E-state index in [1.165, 1.54) is 5.69 Å². The van der Waals surface area contributed by atoms with Crippen LogP contribution in [-0.2, 0) is 11.3 Å². The molecule has 5 nitrogen and oxygen atoms in total. The Morgan fingerprint density at radius 3 is 3.15 bits per heavy atom. The Morgan fingerprint density at radius 2 is 2.35 bits per heavy atom. The summed E-state index contributed by atoms with van der Waals surface area (Å²) in [6.07, 6.45) is 2.82.